The fraction of sp³-hybridized carbons (Fsp3) is 0.278. The van der Waals surface area contributed by atoms with Crippen LogP contribution in [0.5, 0.6) is 5.75 Å². The molecule has 3 rings (SSSR count). The molecular weight excluding hydrogens is 260 g/mol. The Bertz CT molecular complexity index is 652. The number of aliphatic imine (C=N–C) groups is 1. The van der Waals surface area contributed by atoms with Gasteiger partial charge in [-0.05, 0) is 47.7 Å². The van der Waals surface area contributed by atoms with Crippen LogP contribution in [0.1, 0.15) is 16.7 Å². The molecule has 0 amide bonds. The van der Waals surface area contributed by atoms with Crippen LogP contribution in [0.3, 0.4) is 0 Å². The molecule has 2 aromatic carbocycles. The molecule has 0 saturated heterocycles. The van der Waals surface area contributed by atoms with Crippen molar-refractivity contribution in [3.8, 4) is 5.75 Å². The molecule has 0 unspecified atom stereocenters. The van der Waals surface area contributed by atoms with E-state index in [9.17, 15) is 5.11 Å². The van der Waals surface area contributed by atoms with Crippen molar-refractivity contribution in [1.82, 2.24) is 0 Å². The van der Waals surface area contributed by atoms with Crippen molar-refractivity contribution in [2.75, 3.05) is 19.0 Å². The van der Waals surface area contributed by atoms with Crippen molar-refractivity contribution in [2.24, 2.45) is 4.99 Å². The van der Waals surface area contributed by atoms with E-state index in [-0.39, 0.29) is 0 Å². The number of fused-ring (bicyclic) bond motifs is 1. The van der Waals surface area contributed by atoms with Gasteiger partial charge < -0.3 is 10.0 Å². The maximum atomic E-state index is 9.82. The summed E-state index contributed by atoms with van der Waals surface area (Å²) in [7, 11) is 3.84. The number of benzene rings is 2. The van der Waals surface area contributed by atoms with Crippen LogP contribution in [0.15, 0.2) is 47.5 Å². The largest absolute Gasteiger partial charge is 0.506 e. The van der Waals surface area contributed by atoms with Crippen molar-refractivity contribution in [3.05, 3.63) is 59.2 Å². The SMILES string of the molecule is CN(C)c1cc(C=NC2Cc3ccccc3C2)ccc1O. The van der Waals surface area contributed by atoms with Crippen LogP contribution in [0, 0.1) is 0 Å². The third kappa shape index (κ3) is 2.92. The van der Waals surface area contributed by atoms with E-state index >= 15 is 0 Å². The molecule has 0 radical (unpaired) electrons. The molecule has 0 aliphatic heterocycles. The van der Waals surface area contributed by atoms with Crippen LogP contribution in [0.25, 0.3) is 0 Å². The van der Waals surface area contributed by atoms with Gasteiger partial charge in [0.25, 0.3) is 0 Å². The van der Waals surface area contributed by atoms with Crippen LogP contribution in [-0.4, -0.2) is 31.5 Å². The van der Waals surface area contributed by atoms with E-state index in [4.69, 9.17) is 4.99 Å². The molecule has 0 heterocycles. The summed E-state index contributed by atoms with van der Waals surface area (Å²) in [6.45, 7) is 0. The fourth-order valence-corrected chi connectivity index (χ4v) is 2.81. The minimum Gasteiger partial charge on any atom is -0.506 e. The summed E-state index contributed by atoms with van der Waals surface area (Å²) in [6.07, 6.45) is 3.96. The van der Waals surface area contributed by atoms with Gasteiger partial charge in [-0.25, -0.2) is 0 Å². The Labute approximate surface area is 125 Å². The Balaban J connectivity index is 1.75. The van der Waals surface area contributed by atoms with Crippen LogP contribution in [0.2, 0.25) is 0 Å². The van der Waals surface area contributed by atoms with E-state index in [2.05, 4.69) is 24.3 Å². The molecule has 0 aromatic heterocycles. The first-order chi connectivity index (χ1) is 10.1. The van der Waals surface area contributed by atoms with Gasteiger partial charge in [-0.15, -0.1) is 0 Å². The van der Waals surface area contributed by atoms with Gasteiger partial charge >= 0.3 is 0 Å². The molecular formula is C18H20N2O. The van der Waals surface area contributed by atoms with Crippen molar-refractivity contribution in [1.29, 1.82) is 0 Å². The monoisotopic (exact) mass is 280 g/mol. The number of hydrogen-bond donors (Lipinski definition) is 1. The van der Waals surface area contributed by atoms with E-state index in [0.29, 0.717) is 11.8 Å². The van der Waals surface area contributed by atoms with Gasteiger partial charge in [0.05, 0.1) is 11.7 Å². The van der Waals surface area contributed by atoms with Gasteiger partial charge in [0, 0.05) is 20.3 Å². The normalized spacial score (nSPS) is 14.6. The highest BCUT2D eigenvalue weighted by Crippen LogP contribution is 2.27. The summed E-state index contributed by atoms with van der Waals surface area (Å²) in [5, 5.41) is 9.82. The average Bonchev–Trinajstić information content (AvgIpc) is 2.89. The van der Waals surface area contributed by atoms with Crippen molar-refractivity contribution in [2.45, 2.75) is 18.9 Å². The smallest absolute Gasteiger partial charge is 0.138 e. The molecule has 108 valence electrons. The molecule has 0 fully saturated rings. The van der Waals surface area contributed by atoms with Crippen LogP contribution >= 0.6 is 0 Å². The third-order valence-electron chi connectivity index (χ3n) is 3.95. The molecule has 0 saturated carbocycles. The summed E-state index contributed by atoms with van der Waals surface area (Å²) in [4.78, 5) is 6.61. The molecule has 3 heteroatoms. The second-order valence-electron chi connectivity index (χ2n) is 5.75. The Kier molecular flexibility index (Phi) is 3.65. The second kappa shape index (κ2) is 5.60. The van der Waals surface area contributed by atoms with Gasteiger partial charge in [-0.2, -0.15) is 0 Å². The number of phenols is 1. The number of rotatable bonds is 3. The van der Waals surface area contributed by atoms with E-state index in [0.717, 1.165) is 24.1 Å². The molecule has 2 aromatic rings. The lowest BCUT2D eigenvalue weighted by molar-refractivity contribution is 0.475. The highest BCUT2D eigenvalue weighted by atomic mass is 16.3. The van der Waals surface area contributed by atoms with Gasteiger partial charge in [0.15, 0.2) is 0 Å². The standard InChI is InChI=1S/C18H20N2O/c1-20(2)17-9-13(7-8-18(17)21)12-19-16-10-14-5-3-4-6-15(14)11-16/h3-9,12,16,21H,10-11H2,1-2H3. The highest BCUT2D eigenvalue weighted by molar-refractivity contribution is 5.82. The first kappa shape index (κ1) is 13.7. The molecule has 0 spiro atoms. The minimum absolute atomic E-state index is 0.297. The number of anilines is 1. The van der Waals surface area contributed by atoms with E-state index in [1.165, 1.54) is 11.1 Å². The van der Waals surface area contributed by atoms with E-state index in [1.54, 1.807) is 6.07 Å². The zero-order chi connectivity index (χ0) is 14.8. The predicted molar refractivity (Wildman–Crippen MR) is 87.7 cm³/mol. The Hall–Kier alpha value is -2.29. The molecule has 1 N–H and O–H groups in total. The average molecular weight is 280 g/mol. The number of phenolic OH excluding ortho intramolecular Hbond substituents is 1. The van der Waals surface area contributed by atoms with Crippen molar-refractivity contribution in [3.63, 3.8) is 0 Å². The van der Waals surface area contributed by atoms with Gasteiger partial charge in [-0.3, -0.25) is 4.99 Å². The second-order valence-corrected chi connectivity index (χ2v) is 5.75. The van der Waals surface area contributed by atoms with Crippen LogP contribution < -0.4 is 4.90 Å². The van der Waals surface area contributed by atoms with Gasteiger partial charge in [-0.1, -0.05) is 24.3 Å². The highest BCUT2D eigenvalue weighted by Gasteiger charge is 2.19. The lowest BCUT2D eigenvalue weighted by atomic mass is 10.1. The first-order valence-corrected chi connectivity index (χ1v) is 7.24. The number of nitrogens with zero attached hydrogens (tertiary/aromatic N) is 2. The summed E-state index contributed by atoms with van der Waals surface area (Å²) < 4.78 is 0. The lowest BCUT2D eigenvalue weighted by Gasteiger charge is -2.14. The third-order valence-corrected chi connectivity index (χ3v) is 3.95. The minimum atomic E-state index is 0.297. The maximum absolute atomic E-state index is 9.82. The summed E-state index contributed by atoms with van der Waals surface area (Å²) in [5.74, 6) is 0.297. The quantitative estimate of drug-likeness (QED) is 0.877. The zero-order valence-electron chi connectivity index (χ0n) is 12.5. The maximum Gasteiger partial charge on any atom is 0.138 e. The van der Waals surface area contributed by atoms with Crippen molar-refractivity contribution < 1.29 is 5.11 Å². The van der Waals surface area contributed by atoms with Crippen LogP contribution in [-0.2, 0) is 12.8 Å². The molecule has 1 aliphatic rings. The predicted octanol–water partition coefficient (Wildman–Crippen LogP) is 3.04. The molecule has 0 atom stereocenters. The van der Waals surface area contributed by atoms with Gasteiger partial charge in [0.1, 0.15) is 5.75 Å². The lowest BCUT2D eigenvalue weighted by Crippen LogP contribution is -2.09. The molecule has 0 bridgehead atoms. The van der Waals surface area contributed by atoms with Crippen LogP contribution in [0.4, 0.5) is 5.69 Å². The zero-order valence-corrected chi connectivity index (χ0v) is 12.5. The Morgan fingerprint density at radius 1 is 1.10 bits per heavy atom. The van der Waals surface area contributed by atoms with E-state index < -0.39 is 0 Å². The van der Waals surface area contributed by atoms with Crippen molar-refractivity contribution >= 4 is 11.9 Å². The molecule has 21 heavy (non-hydrogen) atoms. The first-order valence-electron chi connectivity index (χ1n) is 7.24. The summed E-state index contributed by atoms with van der Waals surface area (Å²) in [5.41, 5.74) is 4.67. The summed E-state index contributed by atoms with van der Waals surface area (Å²) >= 11 is 0. The number of hydrogen-bond acceptors (Lipinski definition) is 3. The molecule has 3 nitrogen and oxygen atoms in total. The van der Waals surface area contributed by atoms with Gasteiger partial charge in [0.2, 0.25) is 0 Å². The topological polar surface area (TPSA) is 35.8 Å². The summed E-state index contributed by atoms with van der Waals surface area (Å²) in [6, 6.07) is 14.5. The fourth-order valence-electron chi connectivity index (χ4n) is 2.81. The number of aromatic hydroxyl groups is 1. The Morgan fingerprint density at radius 3 is 2.38 bits per heavy atom. The molecule has 1 aliphatic carbocycles. The van der Waals surface area contributed by atoms with E-state index in [1.807, 2.05) is 37.3 Å². The Morgan fingerprint density at radius 2 is 1.76 bits per heavy atom.